The Kier molecular flexibility index (Phi) is 8.53. The molecule has 3 heteroatoms. The Morgan fingerprint density at radius 1 is 0.893 bits per heavy atom. The van der Waals surface area contributed by atoms with Crippen molar-refractivity contribution < 1.29 is 14.2 Å². The van der Waals surface area contributed by atoms with Crippen molar-refractivity contribution in [2.45, 2.75) is 59.1 Å². The van der Waals surface area contributed by atoms with Gasteiger partial charge in [-0.15, -0.1) is 0 Å². The molecule has 0 aromatic heterocycles. The average molecular weight is 385 g/mol. The zero-order valence-electron chi connectivity index (χ0n) is 18.4. The molecule has 0 saturated carbocycles. The van der Waals surface area contributed by atoms with Gasteiger partial charge >= 0.3 is 0 Å². The van der Waals surface area contributed by atoms with E-state index in [4.69, 9.17) is 9.57 Å². The van der Waals surface area contributed by atoms with Crippen LogP contribution < -0.4 is 4.74 Å². The highest BCUT2D eigenvalue weighted by atomic mass is 16.7. The average Bonchev–Trinajstić information content (AvgIpc) is 2.66. The van der Waals surface area contributed by atoms with Crippen LogP contribution in [0.4, 0.5) is 0 Å². The first-order valence-electron chi connectivity index (χ1n) is 10.6. The number of unbranched alkanes of at least 4 members (excludes halogenated alkanes) is 2. The van der Waals surface area contributed by atoms with Gasteiger partial charge in [-0.2, -0.15) is 9.48 Å². The van der Waals surface area contributed by atoms with Gasteiger partial charge in [0.05, 0.1) is 14.1 Å². The molecule has 0 N–H and O–H groups in total. The second kappa shape index (κ2) is 10.6. The third kappa shape index (κ3) is 7.65. The molecule has 1 unspecified atom stereocenters. The van der Waals surface area contributed by atoms with E-state index >= 15 is 0 Å². The van der Waals surface area contributed by atoms with E-state index in [1.165, 1.54) is 24.8 Å². The Morgan fingerprint density at radius 3 is 2.11 bits per heavy atom. The lowest BCUT2D eigenvalue weighted by molar-refractivity contribution is -1.09. The minimum atomic E-state index is -0.0000653. The van der Waals surface area contributed by atoms with E-state index in [1.807, 2.05) is 36.4 Å². The van der Waals surface area contributed by atoms with Crippen molar-refractivity contribution in [3.05, 3.63) is 66.2 Å². The van der Waals surface area contributed by atoms with Crippen LogP contribution in [0, 0.1) is 5.41 Å². The quantitative estimate of drug-likeness (QED) is 0.245. The molecule has 0 spiro atoms. The van der Waals surface area contributed by atoms with E-state index in [-0.39, 0.29) is 11.5 Å². The molecule has 1 atom stereocenters. The molecule has 0 radical (unpaired) electrons. The molecule has 0 bridgehead atoms. The fourth-order valence-corrected chi connectivity index (χ4v) is 3.41. The van der Waals surface area contributed by atoms with Gasteiger partial charge in [-0.05, 0) is 18.6 Å². The van der Waals surface area contributed by atoms with Crippen LogP contribution in [0.1, 0.15) is 52.0 Å². The van der Waals surface area contributed by atoms with Crippen molar-refractivity contribution in [1.29, 1.82) is 0 Å². The molecule has 0 fully saturated rings. The van der Waals surface area contributed by atoms with Crippen LogP contribution in [-0.2, 0) is 11.4 Å². The van der Waals surface area contributed by atoms with E-state index in [0.29, 0.717) is 11.3 Å². The summed E-state index contributed by atoms with van der Waals surface area (Å²) in [4.78, 5) is 6.37. The smallest absolute Gasteiger partial charge is 0.143 e. The summed E-state index contributed by atoms with van der Waals surface area (Å²) in [5.74, 6) is 0.910. The van der Waals surface area contributed by atoms with Gasteiger partial charge in [0.1, 0.15) is 25.0 Å². The summed E-state index contributed by atoms with van der Waals surface area (Å²) < 4.78 is 6.90. The van der Waals surface area contributed by atoms with Gasteiger partial charge in [0.15, 0.2) is 0 Å². The van der Waals surface area contributed by atoms with Gasteiger partial charge in [0.2, 0.25) is 0 Å². The molecule has 154 valence electrons. The normalized spacial score (nSPS) is 13.3. The fraction of sp³-hybridized carbons (Fsp3) is 0.520. The van der Waals surface area contributed by atoms with Gasteiger partial charge in [-0.3, -0.25) is 0 Å². The number of hydrogen-bond donors (Lipinski definition) is 0. The van der Waals surface area contributed by atoms with E-state index in [0.717, 1.165) is 18.7 Å². The van der Waals surface area contributed by atoms with Crippen LogP contribution in [0.3, 0.4) is 0 Å². The largest absolute Gasteiger partial charge is 0.487 e. The molecule has 2 aromatic carbocycles. The zero-order valence-corrected chi connectivity index (χ0v) is 18.4. The number of benzene rings is 2. The lowest BCUT2D eigenvalue weighted by atomic mass is 9.81. The summed E-state index contributed by atoms with van der Waals surface area (Å²) in [5, 5.41) is 0. The number of ether oxygens (including phenoxy) is 1. The molecule has 0 aliphatic heterocycles. The van der Waals surface area contributed by atoms with Crippen LogP contribution in [0.15, 0.2) is 60.7 Å². The van der Waals surface area contributed by atoms with E-state index < -0.39 is 0 Å². The van der Waals surface area contributed by atoms with E-state index in [1.54, 1.807) is 0 Å². The first-order valence-corrected chi connectivity index (χ1v) is 10.6. The lowest BCUT2D eigenvalue weighted by Crippen LogP contribution is -2.46. The van der Waals surface area contributed by atoms with Gasteiger partial charge in [0.25, 0.3) is 0 Å². The Morgan fingerprint density at radius 2 is 1.50 bits per heavy atom. The third-order valence-electron chi connectivity index (χ3n) is 5.30. The molecular weight excluding hydrogens is 346 g/mol. The molecule has 3 nitrogen and oxygen atoms in total. The second-order valence-electron chi connectivity index (χ2n) is 8.88. The highest BCUT2D eigenvalue weighted by molar-refractivity contribution is 5.21. The highest BCUT2D eigenvalue weighted by Crippen LogP contribution is 2.32. The molecule has 28 heavy (non-hydrogen) atoms. The minimum absolute atomic E-state index is 0.0000653. The third-order valence-corrected chi connectivity index (χ3v) is 5.30. The van der Waals surface area contributed by atoms with Crippen molar-refractivity contribution in [1.82, 2.24) is 0 Å². The molecule has 0 aliphatic rings. The number of para-hydroxylation sites is 1. The SMILES string of the molecule is CCCCCC(C)(C)C(CO[N+](C)(C)Cc1ccccc1)Oc1ccccc1. The molecule has 0 saturated heterocycles. The number of hydroxylamine groups is 3. The van der Waals surface area contributed by atoms with Crippen LogP contribution in [0.2, 0.25) is 0 Å². The molecule has 2 rings (SSSR count). The molecule has 0 heterocycles. The zero-order chi connectivity index (χ0) is 20.5. The molecular formula is C25H38NO2+. The van der Waals surface area contributed by atoms with Gasteiger partial charge in [0, 0.05) is 11.0 Å². The number of quaternary nitrogens is 1. The predicted molar refractivity (Wildman–Crippen MR) is 117 cm³/mol. The predicted octanol–water partition coefficient (Wildman–Crippen LogP) is 6.25. The first-order chi connectivity index (χ1) is 13.3. The van der Waals surface area contributed by atoms with Crippen LogP contribution in [0.25, 0.3) is 0 Å². The van der Waals surface area contributed by atoms with Gasteiger partial charge in [-0.25, -0.2) is 0 Å². The maximum absolute atomic E-state index is 6.42. The summed E-state index contributed by atoms with van der Waals surface area (Å²) in [6.07, 6.45) is 4.85. The molecule has 0 amide bonds. The summed E-state index contributed by atoms with van der Waals surface area (Å²) in [6, 6.07) is 20.6. The second-order valence-corrected chi connectivity index (χ2v) is 8.88. The number of nitrogens with zero attached hydrogens (tertiary/aromatic N) is 1. The molecule has 2 aromatic rings. The van der Waals surface area contributed by atoms with Crippen molar-refractivity contribution in [2.75, 3.05) is 20.7 Å². The van der Waals surface area contributed by atoms with Gasteiger partial charge < -0.3 is 4.74 Å². The Bertz CT molecular complexity index is 667. The Labute approximate surface area is 171 Å². The summed E-state index contributed by atoms with van der Waals surface area (Å²) in [7, 11) is 4.22. The monoisotopic (exact) mass is 384 g/mol. The van der Waals surface area contributed by atoms with Crippen molar-refractivity contribution in [3.63, 3.8) is 0 Å². The number of rotatable bonds is 12. The minimum Gasteiger partial charge on any atom is -0.487 e. The summed E-state index contributed by atoms with van der Waals surface area (Å²) in [5.41, 5.74) is 1.31. The topological polar surface area (TPSA) is 18.5 Å². The number of hydrogen-bond acceptors (Lipinski definition) is 2. The van der Waals surface area contributed by atoms with Crippen LogP contribution >= 0.6 is 0 Å². The first kappa shape index (κ1) is 22.4. The maximum Gasteiger partial charge on any atom is 0.143 e. The Hall–Kier alpha value is -1.84. The van der Waals surface area contributed by atoms with Crippen LogP contribution in [-0.4, -0.2) is 31.5 Å². The Balaban J connectivity index is 2.05. The van der Waals surface area contributed by atoms with Crippen molar-refractivity contribution in [2.24, 2.45) is 5.41 Å². The van der Waals surface area contributed by atoms with E-state index in [9.17, 15) is 0 Å². The molecule has 0 aliphatic carbocycles. The lowest BCUT2D eigenvalue weighted by Gasteiger charge is -2.36. The van der Waals surface area contributed by atoms with Crippen LogP contribution in [0.5, 0.6) is 5.75 Å². The summed E-state index contributed by atoms with van der Waals surface area (Å²) >= 11 is 0. The fourth-order valence-electron chi connectivity index (χ4n) is 3.41. The highest BCUT2D eigenvalue weighted by Gasteiger charge is 2.34. The van der Waals surface area contributed by atoms with Gasteiger partial charge in [-0.1, -0.05) is 88.6 Å². The standard InChI is InChI=1S/C25H38NO2/c1-6-7-14-19-25(2,3)24(28-23-17-12-9-13-18-23)21-27-26(4,5)20-22-15-10-8-11-16-22/h8-13,15-18,24H,6-7,14,19-21H2,1-5H3/q+1. The van der Waals surface area contributed by atoms with E-state index in [2.05, 4.69) is 59.1 Å². The van der Waals surface area contributed by atoms with Crippen molar-refractivity contribution in [3.8, 4) is 5.75 Å². The maximum atomic E-state index is 6.42. The summed E-state index contributed by atoms with van der Waals surface area (Å²) in [6.45, 7) is 8.24. The van der Waals surface area contributed by atoms with Crippen molar-refractivity contribution >= 4 is 0 Å².